The molecule has 0 radical (unpaired) electrons. The largest absolute Gasteiger partial charge is 0.378 e. The minimum absolute atomic E-state index is 0.168. The van der Waals surface area contributed by atoms with Crippen LogP contribution in [-0.4, -0.2) is 37.2 Å². The lowest BCUT2D eigenvalue weighted by Gasteiger charge is -2.29. The Kier molecular flexibility index (Phi) is 5.23. The minimum atomic E-state index is -0.168. The highest BCUT2D eigenvalue weighted by Gasteiger charge is 2.16. The van der Waals surface area contributed by atoms with Gasteiger partial charge in [0.15, 0.2) is 5.82 Å². The van der Waals surface area contributed by atoms with Gasteiger partial charge in [-0.2, -0.15) is 0 Å². The summed E-state index contributed by atoms with van der Waals surface area (Å²) < 4.78 is 5.37. The molecule has 5 heteroatoms. The maximum absolute atomic E-state index is 12.2. The lowest BCUT2D eigenvalue weighted by atomic mass is 10.1. The number of carbonyl (C=O) groups excluding carboxylic acids is 1. The molecule has 1 aliphatic heterocycles. The Morgan fingerprint density at radius 2 is 1.96 bits per heavy atom. The number of anilines is 2. The van der Waals surface area contributed by atoms with Crippen LogP contribution < -0.4 is 10.2 Å². The quantitative estimate of drug-likeness (QED) is 0.879. The van der Waals surface area contributed by atoms with Gasteiger partial charge in [-0.3, -0.25) is 4.79 Å². The summed E-state index contributed by atoms with van der Waals surface area (Å²) in [5.74, 6) is 0.621. The van der Waals surface area contributed by atoms with E-state index >= 15 is 0 Å². The normalized spacial score (nSPS) is 14.8. The molecule has 1 N–H and O–H groups in total. The van der Waals surface area contributed by atoms with Crippen LogP contribution in [0.1, 0.15) is 11.1 Å². The first kappa shape index (κ1) is 16.2. The van der Waals surface area contributed by atoms with Gasteiger partial charge < -0.3 is 15.0 Å². The molecule has 0 saturated carbocycles. The van der Waals surface area contributed by atoms with E-state index in [4.69, 9.17) is 4.74 Å². The molecule has 3 rings (SSSR count). The molecule has 0 unspecified atom stereocenters. The zero-order chi connectivity index (χ0) is 16.8. The van der Waals surface area contributed by atoms with Gasteiger partial charge in [-0.25, -0.2) is 4.98 Å². The second-order valence-corrected chi connectivity index (χ2v) is 5.71. The number of morpholine rings is 1. The summed E-state index contributed by atoms with van der Waals surface area (Å²) in [6.07, 6.45) is 5.09. The van der Waals surface area contributed by atoms with E-state index in [-0.39, 0.29) is 5.91 Å². The molecule has 0 aliphatic carbocycles. The molecule has 0 spiro atoms. The van der Waals surface area contributed by atoms with E-state index < -0.39 is 0 Å². The molecule has 1 aromatic carbocycles. The zero-order valence-corrected chi connectivity index (χ0v) is 13.7. The molecule has 1 saturated heterocycles. The van der Waals surface area contributed by atoms with Crippen molar-refractivity contribution < 1.29 is 9.53 Å². The number of amides is 1. The Morgan fingerprint density at radius 1 is 1.21 bits per heavy atom. The number of nitrogens with one attached hydrogen (secondary N) is 1. The van der Waals surface area contributed by atoms with Crippen molar-refractivity contribution in [3.63, 3.8) is 0 Å². The van der Waals surface area contributed by atoms with Gasteiger partial charge in [0.05, 0.1) is 18.9 Å². The fourth-order valence-corrected chi connectivity index (χ4v) is 2.55. The van der Waals surface area contributed by atoms with Crippen LogP contribution in [0.15, 0.2) is 48.7 Å². The van der Waals surface area contributed by atoms with Crippen LogP contribution in [0.2, 0.25) is 0 Å². The molecule has 2 aromatic rings. The van der Waals surface area contributed by atoms with Crippen molar-refractivity contribution in [1.82, 2.24) is 4.98 Å². The van der Waals surface area contributed by atoms with Crippen molar-refractivity contribution >= 4 is 23.5 Å². The van der Waals surface area contributed by atoms with E-state index in [1.807, 2.05) is 43.3 Å². The standard InChI is InChI=1S/C19H21N3O2/c1-15-4-6-16(7-5-15)8-9-18(23)21-17-3-2-10-20-19(17)22-11-13-24-14-12-22/h2-10H,11-14H2,1H3,(H,21,23)/b9-8+. The van der Waals surface area contributed by atoms with Crippen LogP contribution in [-0.2, 0) is 9.53 Å². The summed E-state index contributed by atoms with van der Waals surface area (Å²) in [6, 6.07) is 11.7. The number of hydrogen-bond donors (Lipinski definition) is 1. The van der Waals surface area contributed by atoms with E-state index in [9.17, 15) is 4.79 Å². The Balaban J connectivity index is 1.69. The first-order valence-electron chi connectivity index (χ1n) is 8.06. The number of hydrogen-bond acceptors (Lipinski definition) is 4. The average molecular weight is 323 g/mol. The van der Waals surface area contributed by atoms with Crippen LogP contribution >= 0.6 is 0 Å². The van der Waals surface area contributed by atoms with Crippen molar-refractivity contribution in [3.8, 4) is 0 Å². The van der Waals surface area contributed by atoms with E-state index in [2.05, 4.69) is 15.2 Å². The van der Waals surface area contributed by atoms with Crippen molar-refractivity contribution in [1.29, 1.82) is 0 Å². The van der Waals surface area contributed by atoms with Gasteiger partial charge in [0.1, 0.15) is 0 Å². The number of benzene rings is 1. The lowest BCUT2D eigenvalue weighted by molar-refractivity contribution is -0.111. The van der Waals surface area contributed by atoms with Gasteiger partial charge >= 0.3 is 0 Å². The third-order valence-corrected chi connectivity index (χ3v) is 3.86. The van der Waals surface area contributed by atoms with Gasteiger partial charge in [0.2, 0.25) is 5.91 Å². The summed E-state index contributed by atoms with van der Waals surface area (Å²) >= 11 is 0. The summed E-state index contributed by atoms with van der Waals surface area (Å²) in [4.78, 5) is 18.8. The predicted molar refractivity (Wildman–Crippen MR) is 96.1 cm³/mol. The first-order valence-corrected chi connectivity index (χ1v) is 8.06. The van der Waals surface area contributed by atoms with E-state index in [0.29, 0.717) is 13.2 Å². The summed E-state index contributed by atoms with van der Waals surface area (Å²) in [7, 11) is 0. The molecule has 0 atom stereocenters. The van der Waals surface area contributed by atoms with Gasteiger partial charge in [0, 0.05) is 25.4 Å². The molecule has 1 fully saturated rings. The maximum Gasteiger partial charge on any atom is 0.248 e. The fourth-order valence-electron chi connectivity index (χ4n) is 2.55. The number of nitrogens with zero attached hydrogens (tertiary/aromatic N) is 2. The molecule has 1 amide bonds. The minimum Gasteiger partial charge on any atom is -0.378 e. The smallest absolute Gasteiger partial charge is 0.248 e. The van der Waals surface area contributed by atoms with Crippen LogP contribution in [0.3, 0.4) is 0 Å². The monoisotopic (exact) mass is 323 g/mol. The molecule has 124 valence electrons. The summed E-state index contributed by atoms with van der Waals surface area (Å²) in [6.45, 7) is 4.95. The highest BCUT2D eigenvalue weighted by molar-refractivity contribution is 6.03. The third-order valence-electron chi connectivity index (χ3n) is 3.86. The van der Waals surface area contributed by atoms with E-state index in [1.165, 1.54) is 5.56 Å². The van der Waals surface area contributed by atoms with Crippen LogP contribution in [0.5, 0.6) is 0 Å². The van der Waals surface area contributed by atoms with Gasteiger partial charge in [0.25, 0.3) is 0 Å². The first-order chi connectivity index (χ1) is 11.7. The second-order valence-electron chi connectivity index (χ2n) is 5.71. The van der Waals surface area contributed by atoms with Crippen LogP contribution in [0.4, 0.5) is 11.5 Å². The average Bonchev–Trinajstić information content (AvgIpc) is 2.62. The highest BCUT2D eigenvalue weighted by Crippen LogP contribution is 2.23. The maximum atomic E-state index is 12.2. The Morgan fingerprint density at radius 3 is 2.71 bits per heavy atom. The van der Waals surface area contributed by atoms with Gasteiger partial charge in [-0.1, -0.05) is 29.8 Å². The molecular formula is C19H21N3O2. The Hall–Kier alpha value is -2.66. The number of carbonyl (C=O) groups is 1. The van der Waals surface area contributed by atoms with Crippen molar-refractivity contribution in [2.24, 2.45) is 0 Å². The summed E-state index contributed by atoms with van der Waals surface area (Å²) in [5.41, 5.74) is 2.91. The second kappa shape index (κ2) is 7.75. The van der Waals surface area contributed by atoms with Crippen LogP contribution in [0, 0.1) is 6.92 Å². The SMILES string of the molecule is Cc1ccc(/C=C/C(=O)Nc2cccnc2N2CCOCC2)cc1. The van der Waals surface area contributed by atoms with Crippen molar-refractivity contribution in [3.05, 3.63) is 59.8 Å². The molecule has 0 bridgehead atoms. The van der Waals surface area contributed by atoms with Crippen molar-refractivity contribution in [2.75, 3.05) is 36.5 Å². The molecule has 24 heavy (non-hydrogen) atoms. The highest BCUT2D eigenvalue weighted by atomic mass is 16.5. The fraction of sp³-hybridized carbons (Fsp3) is 0.263. The number of ether oxygens (including phenoxy) is 1. The molecular weight excluding hydrogens is 302 g/mol. The number of aromatic nitrogens is 1. The Labute approximate surface area is 142 Å². The third kappa shape index (κ3) is 4.20. The number of rotatable bonds is 4. The van der Waals surface area contributed by atoms with Gasteiger partial charge in [-0.15, -0.1) is 0 Å². The predicted octanol–water partition coefficient (Wildman–Crippen LogP) is 2.88. The van der Waals surface area contributed by atoms with Crippen LogP contribution in [0.25, 0.3) is 6.08 Å². The summed E-state index contributed by atoms with van der Waals surface area (Å²) in [5, 5.41) is 2.92. The molecule has 5 nitrogen and oxygen atoms in total. The van der Waals surface area contributed by atoms with Gasteiger partial charge in [-0.05, 0) is 30.7 Å². The lowest BCUT2D eigenvalue weighted by Crippen LogP contribution is -2.37. The number of aryl methyl sites for hydroxylation is 1. The molecule has 1 aliphatic rings. The van der Waals surface area contributed by atoms with Crippen molar-refractivity contribution in [2.45, 2.75) is 6.92 Å². The molecule has 2 heterocycles. The number of pyridine rings is 1. The Bertz CT molecular complexity index is 720. The zero-order valence-electron chi connectivity index (χ0n) is 13.7. The van der Waals surface area contributed by atoms with E-state index in [0.717, 1.165) is 30.2 Å². The topological polar surface area (TPSA) is 54.5 Å². The van der Waals surface area contributed by atoms with E-state index in [1.54, 1.807) is 18.3 Å². The molecule has 1 aromatic heterocycles.